The van der Waals surface area contributed by atoms with E-state index in [-0.39, 0.29) is 11.5 Å². The van der Waals surface area contributed by atoms with Crippen LogP contribution in [-0.2, 0) is 11.2 Å². The van der Waals surface area contributed by atoms with Crippen molar-refractivity contribution in [2.75, 3.05) is 11.9 Å². The molecule has 1 amide bonds. The van der Waals surface area contributed by atoms with Crippen molar-refractivity contribution in [1.29, 1.82) is 0 Å². The van der Waals surface area contributed by atoms with Crippen LogP contribution in [-0.4, -0.2) is 22.5 Å². The second-order valence-corrected chi connectivity index (χ2v) is 7.81. The Balaban J connectivity index is 1.71. The van der Waals surface area contributed by atoms with Gasteiger partial charge < -0.3 is 4.90 Å². The van der Waals surface area contributed by atoms with Crippen LogP contribution in [0.4, 0.5) is 5.69 Å². The molecule has 0 bridgehead atoms. The van der Waals surface area contributed by atoms with Gasteiger partial charge in [-0.25, -0.2) is 4.98 Å². The molecule has 2 heterocycles. The number of benzene rings is 3. The molecule has 30 heavy (non-hydrogen) atoms. The summed E-state index contributed by atoms with van der Waals surface area (Å²) in [4.78, 5) is 32.9. The van der Waals surface area contributed by atoms with Crippen molar-refractivity contribution in [3.63, 3.8) is 0 Å². The molecular weight excluding hydrogens is 398 g/mol. The summed E-state index contributed by atoms with van der Waals surface area (Å²) in [7, 11) is 1.78. The number of halogens is 1. The zero-order valence-electron chi connectivity index (χ0n) is 16.2. The van der Waals surface area contributed by atoms with Gasteiger partial charge in [0.15, 0.2) is 0 Å². The van der Waals surface area contributed by atoms with Crippen molar-refractivity contribution in [2.45, 2.75) is 12.3 Å². The van der Waals surface area contributed by atoms with E-state index in [1.165, 1.54) is 0 Å². The summed E-state index contributed by atoms with van der Waals surface area (Å²) in [6.07, 6.45) is 0.322. The van der Waals surface area contributed by atoms with Gasteiger partial charge in [0, 0.05) is 24.2 Å². The molecule has 5 nitrogen and oxygen atoms in total. The summed E-state index contributed by atoms with van der Waals surface area (Å²) in [5.41, 5.74) is 2.98. The zero-order valence-corrected chi connectivity index (χ0v) is 17.0. The average Bonchev–Trinajstić information content (AvgIpc) is 3.00. The maximum atomic E-state index is 13.4. The maximum Gasteiger partial charge on any atom is 0.265 e. The number of rotatable bonds is 3. The summed E-state index contributed by atoms with van der Waals surface area (Å²) in [5, 5.41) is 1.12. The van der Waals surface area contributed by atoms with Gasteiger partial charge in [-0.15, -0.1) is 0 Å². The Morgan fingerprint density at radius 1 is 0.933 bits per heavy atom. The molecule has 5 rings (SSSR count). The normalized spacial score (nSPS) is 15.6. The van der Waals surface area contributed by atoms with Gasteiger partial charge in [-0.2, -0.15) is 0 Å². The summed E-state index contributed by atoms with van der Waals surface area (Å²) in [5.74, 6) is 0.156. The molecule has 3 aromatic carbocycles. The SMILES string of the molecule is CN1C(=O)[C@H](Cc2nc3ccccc3c(=O)n2-c2ccc(Cl)cc2)c2ccccc21. The van der Waals surface area contributed by atoms with E-state index in [1.54, 1.807) is 46.8 Å². The highest BCUT2D eigenvalue weighted by Crippen LogP contribution is 2.38. The van der Waals surface area contributed by atoms with Crippen LogP contribution in [0.25, 0.3) is 16.6 Å². The van der Waals surface area contributed by atoms with Gasteiger partial charge in [0.1, 0.15) is 5.82 Å². The highest BCUT2D eigenvalue weighted by atomic mass is 35.5. The van der Waals surface area contributed by atoms with Crippen molar-refractivity contribution in [3.8, 4) is 5.69 Å². The molecule has 0 N–H and O–H groups in total. The van der Waals surface area contributed by atoms with Crippen LogP contribution in [0.5, 0.6) is 0 Å². The van der Waals surface area contributed by atoms with Crippen molar-refractivity contribution in [3.05, 3.63) is 99.6 Å². The van der Waals surface area contributed by atoms with Crippen LogP contribution < -0.4 is 10.5 Å². The lowest BCUT2D eigenvalue weighted by Crippen LogP contribution is -2.29. The Bertz CT molecular complexity index is 1340. The fourth-order valence-corrected chi connectivity index (χ4v) is 4.25. The van der Waals surface area contributed by atoms with Gasteiger partial charge >= 0.3 is 0 Å². The highest BCUT2D eigenvalue weighted by Gasteiger charge is 2.36. The summed E-state index contributed by atoms with van der Waals surface area (Å²) < 4.78 is 1.59. The second kappa shape index (κ2) is 7.11. The fraction of sp³-hybridized carbons (Fsp3) is 0.125. The number of nitrogens with zero attached hydrogens (tertiary/aromatic N) is 3. The van der Waals surface area contributed by atoms with Gasteiger partial charge in [0.25, 0.3) is 5.56 Å². The topological polar surface area (TPSA) is 55.2 Å². The van der Waals surface area contributed by atoms with E-state index in [2.05, 4.69) is 0 Å². The Morgan fingerprint density at radius 2 is 1.63 bits per heavy atom. The molecule has 0 aliphatic carbocycles. The van der Waals surface area contributed by atoms with Crippen LogP contribution >= 0.6 is 11.6 Å². The van der Waals surface area contributed by atoms with Gasteiger partial charge in [-0.1, -0.05) is 41.9 Å². The van der Waals surface area contributed by atoms with Crippen LogP contribution in [0.1, 0.15) is 17.3 Å². The summed E-state index contributed by atoms with van der Waals surface area (Å²) >= 11 is 6.05. The van der Waals surface area contributed by atoms with Crippen LogP contribution in [0.3, 0.4) is 0 Å². The first-order valence-electron chi connectivity index (χ1n) is 9.67. The third-order valence-electron chi connectivity index (χ3n) is 5.62. The number of amides is 1. The third kappa shape index (κ3) is 2.90. The summed E-state index contributed by atoms with van der Waals surface area (Å²) in [6, 6.07) is 22.1. The minimum Gasteiger partial charge on any atom is -0.315 e. The van der Waals surface area contributed by atoms with Crippen LogP contribution in [0, 0.1) is 0 Å². The molecule has 1 aliphatic rings. The van der Waals surface area contributed by atoms with E-state index in [0.717, 1.165) is 11.3 Å². The predicted octanol–water partition coefficient (Wildman–Crippen LogP) is 4.34. The van der Waals surface area contributed by atoms with E-state index in [9.17, 15) is 9.59 Å². The number of carbonyl (C=O) groups excluding carboxylic acids is 1. The lowest BCUT2D eigenvalue weighted by Gasteiger charge is -2.16. The lowest BCUT2D eigenvalue weighted by atomic mass is 9.96. The second-order valence-electron chi connectivity index (χ2n) is 7.37. The molecule has 4 aromatic rings. The van der Waals surface area contributed by atoms with E-state index in [0.29, 0.717) is 33.9 Å². The number of fused-ring (bicyclic) bond motifs is 2. The van der Waals surface area contributed by atoms with E-state index >= 15 is 0 Å². The first kappa shape index (κ1) is 18.6. The Kier molecular flexibility index (Phi) is 4.40. The molecule has 148 valence electrons. The fourth-order valence-electron chi connectivity index (χ4n) is 4.13. The molecule has 0 radical (unpaired) electrons. The standard InChI is InChI=1S/C24H18ClN3O2/c1-27-21-9-5-3-6-17(21)19(23(27)29)14-22-26-20-8-4-2-7-18(20)24(30)28(22)16-12-10-15(25)11-13-16/h2-13,19H,14H2,1H3/t19-/m1/s1. The predicted molar refractivity (Wildman–Crippen MR) is 119 cm³/mol. The maximum absolute atomic E-state index is 13.4. The number of carbonyl (C=O) groups is 1. The molecule has 0 spiro atoms. The van der Waals surface area contributed by atoms with E-state index in [4.69, 9.17) is 16.6 Å². The van der Waals surface area contributed by atoms with E-state index in [1.807, 2.05) is 42.5 Å². The van der Waals surface area contributed by atoms with Crippen LogP contribution in [0.2, 0.25) is 5.02 Å². The quantitative estimate of drug-likeness (QED) is 0.500. The monoisotopic (exact) mass is 415 g/mol. The minimum atomic E-state index is -0.391. The molecule has 0 saturated carbocycles. The molecule has 6 heteroatoms. The number of anilines is 1. The number of aromatic nitrogens is 2. The number of hydrogen-bond donors (Lipinski definition) is 0. The van der Waals surface area contributed by atoms with Crippen molar-refractivity contribution >= 4 is 34.1 Å². The van der Waals surface area contributed by atoms with Gasteiger partial charge in [-0.05, 0) is 48.0 Å². The van der Waals surface area contributed by atoms with E-state index < -0.39 is 5.92 Å². The largest absolute Gasteiger partial charge is 0.315 e. The smallest absolute Gasteiger partial charge is 0.265 e. The van der Waals surface area contributed by atoms with Gasteiger partial charge in [-0.3, -0.25) is 14.2 Å². The Labute approximate surface area is 178 Å². The first-order chi connectivity index (χ1) is 14.5. The summed E-state index contributed by atoms with van der Waals surface area (Å²) in [6.45, 7) is 0. The number of hydrogen-bond acceptors (Lipinski definition) is 3. The number of para-hydroxylation sites is 2. The first-order valence-corrected chi connectivity index (χ1v) is 10.1. The van der Waals surface area contributed by atoms with Crippen LogP contribution in [0.15, 0.2) is 77.6 Å². The average molecular weight is 416 g/mol. The molecule has 0 saturated heterocycles. The number of likely N-dealkylation sites (N-methyl/N-ethyl adjacent to an activating group) is 1. The van der Waals surface area contributed by atoms with Crippen molar-refractivity contribution < 1.29 is 4.79 Å². The molecule has 1 atom stereocenters. The molecular formula is C24H18ClN3O2. The van der Waals surface area contributed by atoms with Gasteiger partial charge in [0.05, 0.1) is 22.5 Å². The molecule has 1 aliphatic heterocycles. The zero-order chi connectivity index (χ0) is 20.8. The third-order valence-corrected chi connectivity index (χ3v) is 5.87. The molecule has 1 aromatic heterocycles. The minimum absolute atomic E-state index is 0.00117. The van der Waals surface area contributed by atoms with Crippen molar-refractivity contribution in [2.24, 2.45) is 0 Å². The molecule has 0 fully saturated rings. The van der Waals surface area contributed by atoms with Crippen molar-refractivity contribution in [1.82, 2.24) is 9.55 Å². The lowest BCUT2D eigenvalue weighted by molar-refractivity contribution is -0.119. The van der Waals surface area contributed by atoms with Gasteiger partial charge in [0.2, 0.25) is 5.91 Å². The Hall–Kier alpha value is -3.44. The Morgan fingerprint density at radius 3 is 2.43 bits per heavy atom. The highest BCUT2D eigenvalue weighted by molar-refractivity contribution is 6.30. The molecule has 0 unspecified atom stereocenters.